The van der Waals surface area contributed by atoms with Gasteiger partial charge in [-0.05, 0) is 66.2 Å². The van der Waals surface area contributed by atoms with Gasteiger partial charge in [0.1, 0.15) is 10.8 Å². The lowest BCUT2D eigenvalue weighted by atomic mass is 9.99. The minimum atomic E-state index is -0.849. The van der Waals surface area contributed by atoms with Crippen molar-refractivity contribution < 1.29 is 4.79 Å². The molecule has 4 rings (SSSR count). The van der Waals surface area contributed by atoms with Gasteiger partial charge in [-0.15, -0.1) is 0 Å². The van der Waals surface area contributed by atoms with Crippen molar-refractivity contribution in [3.63, 3.8) is 0 Å². The van der Waals surface area contributed by atoms with E-state index in [-0.39, 0.29) is 11.9 Å². The first-order valence-electron chi connectivity index (χ1n) is 10.4. The van der Waals surface area contributed by atoms with Crippen molar-refractivity contribution >= 4 is 34.1 Å². The predicted molar refractivity (Wildman–Crippen MR) is 126 cm³/mol. The summed E-state index contributed by atoms with van der Waals surface area (Å²) in [6.45, 7) is 0. The van der Waals surface area contributed by atoms with E-state index in [0.29, 0.717) is 16.5 Å². The molecule has 0 saturated heterocycles. The molecule has 162 valence electrons. The van der Waals surface area contributed by atoms with E-state index >= 15 is 0 Å². The molecule has 1 aliphatic heterocycles. The number of carbonyl (C=O) groups excluding carboxylic acids is 1. The van der Waals surface area contributed by atoms with Gasteiger partial charge in [0.25, 0.3) is 5.91 Å². The molecular formula is C23H26ClN5OS. The number of fused-ring (bicyclic) bond motifs is 1. The minimum Gasteiger partial charge on any atom is -0.345 e. The molecule has 0 spiro atoms. The van der Waals surface area contributed by atoms with Crippen LogP contribution in [0.25, 0.3) is 0 Å². The van der Waals surface area contributed by atoms with E-state index < -0.39 is 10.9 Å². The highest BCUT2D eigenvalue weighted by atomic mass is 35.5. The van der Waals surface area contributed by atoms with E-state index in [1.807, 2.05) is 23.9 Å². The number of nitrogens with zero attached hydrogens (tertiary/aromatic N) is 2. The fourth-order valence-electron chi connectivity index (χ4n) is 4.04. The normalized spacial score (nSPS) is 18.3. The summed E-state index contributed by atoms with van der Waals surface area (Å²) >= 11 is 5.94. The zero-order valence-corrected chi connectivity index (χ0v) is 19.0. The number of hydrogen-bond acceptors (Lipinski definition) is 3. The summed E-state index contributed by atoms with van der Waals surface area (Å²) in [5, 5.41) is 3.24. The van der Waals surface area contributed by atoms with Crippen molar-refractivity contribution in [2.45, 2.75) is 43.0 Å². The highest BCUT2D eigenvalue weighted by molar-refractivity contribution is 7.84. The van der Waals surface area contributed by atoms with E-state index in [2.05, 4.69) is 39.3 Å². The second kappa shape index (κ2) is 9.77. The Bertz CT molecular complexity index is 1100. The zero-order valence-electron chi connectivity index (χ0n) is 17.4. The lowest BCUT2D eigenvalue weighted by Crippen LogP contribution is -2.29. The lowest BCUT2D eigenvalue weighted by Gasteiger charge is -2.16. The van der Waals surface area contributed by atoms with Crippen LogP contribution in [0.3, 0.4) is 0 Å². The smallest absolute Gasteiger partial charge is 0.272 e. The van der Waals surface area contributed by atoms with Crippen molar-refractivity contribution in [3.05, 3.63) is 76.8 Å². The number of pyridine rings is 1. The Kier molecular flexibility index (Phi) is 6.85. The Morgan fingerprint density at radius 2 is 2.16 bits per heavy atom. The van der Waals surface area contributed by atoms with Crippen LogP contribution in [0.4, 0.5) is 5.69 Å². The Morgan fingerprint density at radius 1 is 1.35 bits per heavy atom. The second-order valence-electron chi connectivity index (χ2n) is 7.79. The summed E-state index contributed by atoms with van der Waals surface area (Å²) in [4.78, 5) is 17.9. The zero-order chi connectivity index (χ0) is 21.8. The fraction of sp³-hybridized carbons (Fsp3) is 0.304. The molecular weight excluding hydrogens is 430 g/mol. The molecule has 6 nitrogen and oxygen atoms in total. The molecule has 31 heavy (non-hydrogen) atoms. The van der Waals surface area contributed by atoms with E-state index in [9.17, 15) is 4.79 Å². The summed E-state index contributed by atoms with van der Waals surface area (Å²) in [5.74, 6) is -0.189. The van der Waals surface area contributed by atoms with Crippen LogP contribution in [0, 0.1) is 4.78 Å². The van der Waals surface area contributed by atoms with Gasteiger partial charge in [-0.25, -0.2) is 9.71 Å². The standard InChI is InChI=1S/C23H26ClN5OS/c1-29-15-20-19(22(29)23(30)27-18-12-13-26-21(24)14-18)11-10-17(28-31(20)25)9-5-8-16-6-3-2-4-7-16/h2-4,6-7,12-15,17H,5,8-11H2,1H3,(H2,25,28)(H,26,27,30). The first-order chi connectivity index (χ1) is 15.0. The average Bonchev–Trinajstić information content (AvgIpc) is 3.01. The van der Waals surface area contributed by atoms with Gasteiger partial charge in [0.15, 0.2) is 0 Å². The number of carbonyl (C=O) groups is 1. The molecule has 0 saturated carbocycles. The molecule has 0 aliphatic carbocycles. The van der Waals surface area contributed by atoms with Crippen molar-refractivity contribution in [1.82, 2.24) is 14.3 Å². The SMILES string of the molecule is Cn1cc2c(c1C(=O)Nc1ccnc(Cl)c1)CCC(CCCc1ccccc1)NS2=N. The number of rotatable bonds is 6. The summed E-state index contributed by atoms with van der Waals surface area (Å²) in [6.07, 6.45) is 8.31. The Morgan fingerprint density at radius 3 is 2.94 bits per heavy atom. The molecule has 0 bridgehead atoms. The topological polar surface area (TPSA) is 82.8 Å². The van der Waals surface area contributed by atoms with Crippen LogP contribution in [-0.4, -0.2) is 21.5 Å². The molecule has 3 heterocycles. The summed E-state index contributed by atoms with van der Waals surface area (Å²) in [7, 11) is 1.01. The van der Waals surface area contributed by atoms with Gasteiger partial charge in [0.2, 0.25) is 0 Å². The molecule has 2 unspecified atom stereocenters. The Hall–Kier alpha value is -2.48. The van der Waals surface area contributed by atoms with E-state index in [0.717, 1.165) is 42.6 Å². The number of amides is 1. The van der Waals surface area contributed by atoms with Crippen LogP contribution in [0.1, 0.15) is 40.9 Å². The van der Waals surface area contributed by atoms with Gasteiger partial charge in [-0.1, -0.05) is 41.9 Å². The molecule has 0 radical (unpaired) electrons. The van der Waals surface area contributed by atoms with Crippen LogP contribution in [-0.2, 0) is 30.8 Å². The summed E-state index contributed by atoms with van der Waals surface area (Å²) < 4.78 is 14.0. The minimum absolute atomic E-state index is 0.189. The lowest BCUT2D eigenvalue weighted by molar-refractivity contribution is 0.101. The maximum absolute atomic E-state index is 13.0. The summed E-state index contributed by atoms with van der Waals surface area (Å²) in [5.41, 5.74) is 3.53. The molecule has 3 N–H and O–H groups in total. The third-order valence-corrected chi connectivity index (χ3v) is 7.12. The number of anilines is 1. The number of aromatic nitrogens is 2. The fourth-order valence-corrected chi connectivity index (χ4v) is 5.62. The molecule has 8 heteroatoms. The number of nitrogens with one attached hydrogen (secondary N) is 3. The predicted octanol–water partition coefficient (Wildman–Crippen LogP) is 4.91. The highest BCUT2D eigenvalue weighted by Gasteiger charge is 2.26. The third-order valence-electron chi connectivity index (χ3n) is 5.55. The van der Waals surface area contributed by atoms with Gasteiger partial charge >= 0.3 is 0 Å². The first kappa shape index (κ1) is 21.7. The van der Waals surface area contributed by atoms with Crippen LogP contribution >= 0.6 is 11.6 Å². The van der Waals surface area contributed by atoms with Crippen molar-refractivity contribution in [2.24, 2.45) is 7.05 Å². The Labute approximate surface area is 190 Å². The highest BCUT2D eigenvalue weighted by Crippen LogP contribution is 2.27. The second-order valence-corrected chi connectivity index (χ2v) is 9.47. The van der Waals surface area contributed by atoms with Crippen molar-refractivity contribution in [3.8, 4) is 0 Å². The molecule has 2 aromatic heterocycles. The van der Waals surface area contributed by atoms with Crippen LogP contribution < -0.4 is 10.0 Å². The van der Waals surface area contributed by atoms with Crippen molar-refractivity contribution in [2.75, 3.05) is 5.32 Å². The molecule has 2 atom stereocenters. The largest absolute Gasteiger partial charge is 0.345 e. The van der Waals surface area contributed by atoms with E-state index in [1.165, 1.54) is 5.56 Å². The quantitative estimate of drug-likeness (QED) is 0.462. The van der Waals surface area contributed by atoms with E-state index in [1.54, 1.807) is 18.3 Å². The van der Waals surface area contributed by atoms with Gasteiger partial charge in [-0.3, -0.25) is 9.57 Å². The number of halogens is 1. The van der Waals surface area contributed by atoms with Crippen molar-refractivity contribution in [1.29, 1.82) is 4.78 Å². The van der Waals surface area contributed by atoms with Crippen LogP contribution in [0.2, 0.25) is 5.15 Å². The molecule has 1 aromatic carbocycles. The average molecular weight is 456 g/mol. The van der Waals surface area contributed by atoms with Crippen LogP contribution in [0.5, 0.6) is 0 Å². The maximum Gasteiger partial charge on any atom is 0.272 e. The third kappa shape index (κ3) is 5.23. The first-order valence-corrected chi connectivity index (χ1v) is 12.0. The monoisotopic (exact) mass is 455 g/mol. The van der Waals surface area contributed by atoms with Gasteiger partial charge in [0.05, 0.1) is 4.90 Å². The molecule has 1 aliphatic rings. The van der Waals surface area contributed by atoms with Gasteiger partial charge < -0.3 is 9.88 Å². The van der Waals surface area contributed by atoms with Gasteiger partial charge in [-0.2, -0.15) is 0 Å². The number of hydrogen-bond donors (Lipinski definition) is 3. The molecule has 1 amide bonds. The summed E-state index contributed by atoms with van der Waals surface area (Å²) in [6, 6.07) is 14.1. The number of benzene rings is 1. The molecule has 0 fully saturated rings. The maximum atomic E-state index is 13.0. The molecule has 3 aromatic rings. The van der Waals surface area contributed by atoms with E-state index in [4.69, 9.17) is 16.4 Å². The number of aryl methyl sites for hydroxylation is 2. The Balaban J connectivity index is 1.44. The van der Waals surface area contributed by atoms with Crippen LogP contribution in [0.15, 0.2) is 59.8 Å². The van der Waals surface area contributed by atoms with Gasteiger partial charge in [0, 0.05) is 31.2 Å².